The molecule has 1 heterocycles. The lowest BCUT2D eigenvalue weighted by Gasteiger charge is -2.37. The number of ether oxygens (including phenoxy) is 1. The number of para-hydroxylation sites is 1. The van der Waals surface area contributed by atoms with Crippen LogP contribution in [0.4, 0.5) is 0 Å². The Balaban J connectivity index is 1.86. The maximum absolute atomic E-state index is 12.5. The summed E-state index contributed by atoms with van der Waals surface area (Å²) in [4.78, 5) is 27.0. The smallest absolute Gasteiger partial charge is 0.317 e. The fourth-order valence-corrected chi connectivity index (χ4v) is 3.29. The molecule has 1 aliphatic heterocycles. The Morgan fingerprint density at radius 3 is 2.58 bits per heavy atom. The molecule has 0 radical (unpaired) electrons. The molecule has 0 saturated carbocycles. The molecule has 0 spiro atoms. The van der Waals surface area contributed by atoms with Crippen LogP contribution in [0.5, 0.6) is 5.75 Å². The van der Waals surface area contributed by atoms with E-state index in [1.165, 1.54) is 0 Å². The maximum Gasteiger partial charge on any atom is 0.317 e. The minimum absolute atomic E-state index is 0.0279. The van der Waals surface area contributed by atoms with Gasteiger partial charge in [-0.25, -0.2) is 0 Å². The van der Waals surface area contributed by atoms with E-state index in [4.69, 9.17) is 9.84 Å². The van der Waals surface area contributed by atoms with Gasteiger partial charge in [0.2, 0.25) is 0 Å². The Morgan fingerprint density at radius 1 is 1.38 bits per heavy atom. The summed E-state index contributed by atoms with van der Waals surface area (Å²) >= 11 is 3.41. The third-order valence-electron chi connectivity index (χ3n) is 4.27. The highest BCUT2D eigenvalue weighted by Gasteiger charge is 2.29. The SMILES string of the molecule is CC(Oc1ccccc1Br)C(=O)N1CCC(N(C)CC(=O)O)CC1. The number of carboxylic acids is 1. The second-order valence-corrected chi connectivity index (χ2v) is 6.91. The maximum atomic E-state index is 12.5. The van der Waals surface area contributed by atoms with Crippen LogP contribution in [-0.4, -0.2) is 65.6 Å². The largest absolute Gasteiger partial charge is 0.480 e. The summed E-state index contributed by atoms with van der Waals surface area (Å²) in [6, 6.07) is 7.64. The number of aliphatic carboxylic acids is 1. The van der Waals surface area contributed by atoms with Crippen LogP contribution in [0.1, 0.15) is 19.8 Å². The second-order valence-electron chi connectivity index (χ2n) is 6.06. The van der Waals surface area contributed by atoms with Crippen molar-refractivity contribution in [1.82, 2.24) is 9.80 Å². The summed E-state index contributed by atoms with van der Waals surface area (Å²) in [5.74, 6) is -0.217. The van der Waals surface area contributed by atoms with Crippen molar-refractivity contribution in [2.75, 3.05) is 26.7 Å². The second kappa shape index (κ2) is 8.48. The molecule has 1 atom stereocenters. The van der Waals surface area contributed by atoms with E-state index in [1.54, 1.807) is 11.8 Å². The van der Waals surface area contributed by atoms with Gasteiger partial charge in [-0.1, -0.05) is 12.1 Å². The first-order chi connectivity index (χ1) is 11.4. The quantitative estimate of drug-likeness (QED) is 0.795. The number of likely N-dealkylation sites (N-methyl/N-ethyl adjacent to an activating group) is 1. The molecule has 132 valence electrons. The predicted molar refractivity (Wildman–Crippen MR) is 94.1 cm³/mol. The molecule has 0 aromatic heterocycles. The highest BCUT2D eigenvalue weighted by molar-refractivity contribution is 9.10. The van der Waals surface area contributed by atoms with E-state index in [2.05, 4.69) is 15.9 Å². The number of hydrogen-bond acceptors (Lipinski definition) is 4. The third-order valence-corrected chi connectivity index (χ3v) is 4.93. The van der Waals surface area contributed by atoms with Gasteiger partial charge >= 0.3 is 5.97 Å². The van der Waals surface area contributed by atoms with Gasteiger partial charge in [-0.3, -0.25) is 14.5 Å². The molecule has 0 bridgehead atoms. The summed E-state index contributed by atoms with van der Waals surface area (Å²) < 4.78 is 6.58. The van der Waals surface area contributed by atoms with Gasteiger partial charge in [0.15, 0.2) is 6.10 Å². The highest BCUT2D eigenvalue weighted by Crippen LogP contribution is 2.25. The molecule has 24 heavy (non-hydrogen) atoms. The molecule has 2 rings (SSSR count). The molecule has 1 amide bonds. The van der Waals surface area contributed by atoms with Gasteiger partial charge in [0, 0.05) is 19.1 Å². The van der Waals surface area contributed by atoms with Gasteiger partial charge < -0.3 is 14.7 Å². The summed E-state index contributed by atoms with van der Waals surface area (Å²) in [6.07, 6.45) is 0.992. The minimum atomic E-state index is -0.827. The van der Waals surface area contributed by atoms with E-state index >= 15 is 0 Å². The van der Waals surface area contributed by atoms with Crippen molar-refractivity contribution in [1.29, 1.82) is 0 Å². The Labute approximate surface area is 150 Å². The van der Waals surface area contributed by atoms with Crippen molar-refractivity contribution >= 4 is 27.8 Å². The Kier molecular flexibility index (Phi) is 6.62. The Bertz CT molecular complexity index is 588. The number of hydrogen-bond donors (Lipinski definition) is 1. The van der Waals surface area contributed by atoms with Crippen molar-refractivity contribution in [2.24, 2.45) is 0 Å². The predicted octanol–water partition coefficient (Wildman–Crippen LogP) is 2.22. The van der Waals surface area contributed by atoms with Gasteiger partial charge in [0.25, 0.3) is 5.91 Å². The number of benzene rings is 1. The lowest BCUT2D eigenvalue weighted by molar-refractivity contribution is -0.141. The number of nitrogens with zero attached hydrogens (tertiary/aromatic N) is 2. The lowest BCUT2D eigenvalue weighted by Crippen LogP contribution is -2.49. The van der Waals surface area contributed by atoms with Crippen LogP contribution < -0.4 is 4.74 Å². The topological polar surface area (TPSA) is 70.1 Å². The zero-order chi connectivity index (χ0) is 17.7. The van der Waals surface area contributed by atoms with Gasteiger partial charge in [-0.05, 0) is 54.9 Å². The molecule has 6 nitrogen and oxygen atoms in total. The van der Waals surface area contributed by atoms with E-state index in [-0.39, 0.29) is 18.5 Å². The molecule has 1 aliphatic rings. The van der Waals surface area contributed by atoms with Gasteiger partial charge in [-0.2, -0.15) is 0 Å². The van der Waals surface area contributed by atoms with Crippen molar-refractivity contribution in [3.05, 3.63) is 28.7 Å². The van der Waals surface area contributed by atoms with Crippen LogP contribution in [0, 0.1) is 0 Å². The molecule has 7 heteroatoms. The van der Waals surface area contributed by atoms with Crippen LogP contribution in [-0.2, 0) is 9.59 Å². The first-order valence-electron chi connectivity index (χ1n) is 8.00. The van der Waals surface area contributed by atoms with E-state index in [0.717, 1.165) is 17.3 Å². The summed E-state index contributed by atoms with van der Waals surface area (Å²) in [5, 5.41) is 8.86. The number of carboxylic acid groups (broad SMARTS) is 1. The standard InChI is InChI=1S/C17H23BrN2O4/c1-12(24-15-6-4-3-5-14(15)18)17(23)20-9-7-13(8-10-20)19(2)11-16(21)22/h3-6,12-13H,7-11H2,1-2H3,(H,21,22). The minimum Gasteiger partial charge on any atom is -0.480 e. The fraction of sp³-hybridized carbons (Fsp3) is 0.529. The molecular weight excluding hydrogens is 376 g/mol. The van der Waals surface area contributed by atoms with E-state index in [1.807, 2.05) is 36.2 Å². The number of halogens is 1. The van der Waals surface area contributed by atoms with Gasteiger partial charge in [0.05, 0.1) is 11.0 Å². The monoisotopic (exact) mass is 398 g/mol. The number of likely N-dealkylation sites (tertiary alicyclic amines) is 1. The normalized spacial score (nSPS) is 16.9. The lowest BCUT2D eigenvalue weighted by atomic mass is 10.0. The van der Waals surface area contributed by atoms with Crippen molar-refractivity contribution < 1.29 is 19.4 Å². The van der Waals surface area contributed by atoms with Crippen LogP contribution in [0.2, 0.25) is 0 Å². The number of carbonyl (C=O) groups is 2. The third kappa shape index (κ3) is 4.95. The fourth-order valence-electron chi connectivity index (χ4n) is 2.91. The van der Waals surface area contributed by atoms with Crippen LogP contribution >= 0.6 is 15.9 Å². The highest BCUT2D eigenvalue weighted by atomic mass is 79.9. The molecule has 0 aliphatic carbocycles. The van der Waals surface area contributed by atoms with E-state index in [9.17, 15) is 9.59 Å². The van der Waals surface area contributed by atoms with Crippen molar-refractivity contribution in [3.63, 3.8) is 0 Å². The molecule has 1 N–H and O–H groups in total. The molecule has 1 aromatic carbocycles. The first-order valence-corrected chi connectivity index (χ1v) is 8.79. The zero-order valence-electron chi connectivity index (χ0n) is 13.9. The molecule has 1 unspecified atom stereocenters. The number of carbonyl (C=O) groups excluding carboxylic acids is 1. The van der Waals surface area contributed by atoms with Crippen molar-refractivity contribution in [3.8, 4) is 5.75 Å². The average Bonchev–Trinajstić information content (AvgIpc) is 2.55. The Morgan fingerprint density at radius 2 is 2.00 bits per heavy atom. The number of amides is 1. The van der Waals surface area contributed by atoms with E-state index < -0.39 is 12.1 Å². The van der Waals surface area contributed by atoms with Gasteiger partial charge in [-0.15, -0.1) is 0 Å². The zero-order valence-corrected chi connectivity index (χ0v) is 15.5. The number of rotatable bonds is 6. The summed E-state index contributed by atoms with van der Waals surface area (Å²) in [6.45, 7) is 3.03. The van der Waals surface area contributed by atoms with Crippen LogP contribution in [0.3, 0.4) is 0 Å². The van der Waals surface area contributed by atoms with Gasteiger partial charge in [0.1, 0.15) is 5.75 Å². The first kappa shape index (κ1) is 18.7. The Hall–Kier alpha value is -1.60. The molecule has 1 fully saturated rings. The molecule has 1 aromatic rings. The van der Waals surface area contributed by atoms with Crippen LogP contribution in [0.25, 0.3) is 0 Å². The van der Waals surface area contributed by atoms with Crippen LogP contribution in [0.15, 0.2) is 28.7 Å². The molecule has 1 saturated heterocycles. The summed E-state index contributed by atoms with van der Waals surface area (Å²) in [5.41, 5.74) is 0. The molecular formula is C17H23BrN2O4. The average molecular weight is 399 g/mol. The summed E-state index contributed by atoms with van der Waals surface area (Å²) in [7, 11) is 1.81. The van der Waals surface area contributed by atoms with Crippen molar-refractivity contribution in [2.45, 2.75) is 31.9 Å². The van der Waals surface area contributed by atoms with E-state index in [0.29, 0.717) is 18.8 Å². The number of piperidine rings is 1.